The van der Waals surface area contributed by atoms with Gasteiger partial charge in [0.1, 0.15) is 0 Å². The van der Waals surface area contributed by atoms with Crippen LogP contribution in [-0.2, 0) is 6.54 Å². The summed E-state index contributed by atoms with van der Waals surface area (Å²) in [5.74, 6) is 2.76. The topological polar surface area (TPSA) is 49.8 Å². The average Bonchev–Trinajstić information content (AvgIpc) is 2.48. The van der Waals surface area contributed by atoms with E-state index < -0.39 is 0 Å². The van der Waals surface area contributed by atoms with Crippen LogP contribution in [0, 0.1) is 0 Å². The van der Waals surface area contributed by atoms with Crippen LogP contribution < -0.4 is 10.1 Å². The zero-order valence-electron chi connectivity index (χ0n) is 15.2. The van der Waals surface area contributed by atoms with Gasteiger partial charge in [-0.05, 0) is 33.3 Å². The Morgan fingerprint density at radius 1 is 1.46 bits per heavy atom. The summed E-state index contributed by atoms with van der Waals surface area (Å²) in [6, 6.07) is 3.96. The number of aromatic nitrogens is 1. The predicted octanol–water partition coefficient (Wildman–Crippen LogP) is 3.39. The Labute approximate surface area is 167 Å². The first-order valence-electron chi connectivity index (χ1n) is 8.11. The number of thioether (sulfide) groups is 1. The molecule has 1 aromatic heterocycles. The van der Waals surface area contributed by atoms with Gasteiger partial charge in [-0.2, -0.15) is 11.8 Å². The summed E-state index contributed by atoms with van der Waals surface area (Å²) in [7, 11) is 1.84. The van der Waals surface area contributed by atoms with Crippen molar-refractivity contribution in [2.24, 2.45) is 4.99 Å². The van der Waals surface area contributed by atoms with E-state index in [1.807, 2.05) is 51.0 Å². The van der Waals surface area contributed by atoms with Gasteiger partial charge in [-0.3, -0.25) is 4.99 Å². The lowest BCUT2D eigenvalue weighted by molar-refractivity contribution is 0.232. The highest BCUT2D eigenvalue weighted by Crippen LogP contribution is 2.29. The minimum atomic E-state index is 0. The van der Waals surface area contributed by atoms with Gasteiger partial charge in [-0.1, -0.05) is 6.07 Å². The number of ether oxygens (including phenoxy) is 1. The standard InChI is InChI=1S/C17H28N4OS.HI/c1-13(2)22-15-7-6-14(10-19-15)11-20-16(18-5)21-8-9-23-17(3,4)12-21;/h6-7,10,13H,8-9,11-12H2,1-5H3,(H,18,20);1H. The molecule has 24 heavy (non-hydrogen) atoms. The number of halogens is 1. The Morgan fingerprint density at radius 3 is 2.75 bits per heavy atom. The summed E-state index contributed by atoms with van der Waals surface area (Å²) >= 11 is 2.02. The molecule has 1 aliphatic rings. The first-order chi connectivity index (χ1) is 10.9. The number of guanidine groups is 1. The van der Waals surface area contributed by atoms with E-state index in [0.29, 0.717) is 12.4 Å². The van der Waals surface area contributed by atoms with Crippen LogP contribution in [0.4, 0.5) is 0 Å². The van der Waals surface area contributed by atoms with Crippen molar-refractivity contribution in [1.29, 1.82) is 0 Å². The minimum absolute atomic E-state index is 0. The zero-order valence-corrected chi connectivity index (χ0v) is 18.4. The van der Waals surface area contributed by atoms with Crippen molar-refractivity contribution in [1.82, 2.24) is 15.2 Å². The molecular formula is C17H29IN4OS. The Balaban J connectivity index is 0.00000288. The SMILES string of the molecule is CN=C(NCc1ccc(OC(C)C)nc1)N1CCSC(C)(C)C1.I. The first kappa shape index (κ1) is 21.3. The van der Waals surface area contributed by atoms with Gasteiger partial charge in [0.05, 0.1) is 6.10 Å². The monoisotopic (exact) mass is 464 g/mol. The van der Waals surface area contributed by atoms with E-state index in [4.69, 9.17) is 4.74 Å². The Bertz CT molecular complexity index is 534. The molecule has 7 heteroatoms. The van der Waals surface area contributed by atoms with Crippen LogP contribution in [0.2, 0.25) is 0 Å². The maximum atomic E-state index is 5.57. The molecule has 1 fully saturated rings. The normalized spacial score (nSPS) is 17.4. The number of nitrogens with zero attached hydrogens (tertiary/aromatic N) is 3. The van der Waals surface area contributed by atoms with Crippen molar-refractivity contribution in [3.8, 4) is 5.88 Å². The maximum Gasteiger partial charge on any atom is 0.213 e. The lowest BCUT2D eigenvalue weighted by Gasteiger charge is -2.39. The molecule has 0 spiro atoms. The maximum absolute atomic E-state index is 5.57. The number of aliphatic imine (C=N–C) groups is 1. The summed E-state index contributed by atoms with van der Waals surface area (Å²) in [4.78, 5) is 11.1. The van der Waals surface area contributed by atoms with Gasteiger partial charge in [-0.25, -0.2) is 4.98 Å². The smallest absolute Gasteiger partial charge is 0.213 e. The molecule has 0 amide bonds. The molecule has 0 aliphatic carbocycles. The van der Waals surface area contributed by atoms with Crippen LogP contribution >= 0.6 is 35.7 Å². The second kappa shape index (κ2) is 9.70. The first-order valence-corrected chi connectivity index (χ1v) is 9.09. The van der Waals surface area contributed by atoms with Crippen LogP contribution in [0.1, 0.15) is 33.3 Å². The highest BCUT2D eigenvalue weighted by Gasteiger charge is 2.28. The van der Waals surface area contributed by atoms with Gasteiger partial charge in [-0.15, -0.1) is 24.0 Å². The summed E-state index contributed by atoms with van der Waals surface area (Å²) in [6.07, 6.45) is 2.00. The van der Waals surface area contributed by atoms with Crippen LogP contribution in [0.15, 0.2) is 23.3 Å². The number of rotatable bonds is 4. The van der Waals surface area contributed by atoms with E-state index in [9.17, 15) is 0 Å². The lowest BCUT2D eigenvalue weighted by atomic mass is 10.2. The number of hydrogen-bond acceptors (Lipinski definition) is 4. The van der Waals surface area contributed by atoms with Gasteiger partial charge in [0.15, 0.2) is 5.96 Å². The molecule has 1 N–H and O–H groups in total. The molecule has 136 valence electrons. The van der Waals surface area contributed by atoms with Gasteiger partial charge < -0.3 is 15.0 Å². The zero-order chi connectivity index (χ0) is 16.9. The van der Waals surface area contributed by atoms with Crippen LogP contribution in [0.3, 0.4) is 0 Å². The van der Waals surface area contributed by atoms with E-state index in [1.165, 1.54) is 0 Å². The molecule has 0 atom stereocenters. The number of hydrogen-bond donors (Lipinski definition) is 1. The van der Waals surface area contributed by atoms with Crippen molar-refractivity contribution in [3.05, 3.63) is 23.9 Å². The van der Waals surface area contributed by atoms with E-state index in [-0.39, 0.29) is 34.8 Å². The third kappa shape index (κ3) is 6.66. The van der Waals surface area contributed by atoms with Crippen molar-refractivity contribution in [2.75, 3.05) is 25.9 Å². The van der Waals surface area contributed by atoms with E-state index >= 15 is 0 Å². The molecular weight excluding hydrogens is 435 g/mol. The Hall–Kier alpha value is -0.700. The van der Waals surface area contributed by atoms with Gasteiger partial charge in [0, 0.05) is 49.4 Å². The highest BCUT2D eigenvalue weighted by atomic mass is 127. The largest absolute Gasteiger partial charge is 0.475 e. The fourth-order valence-electron chi connectivity index (χ4n) is 2.54. The van der Waals surface area contributed by atoms with Crippen LogP contribution in [0.5, 0.6) is 5.88 Å². The number of nitrogens with one attached hydrogen (secondary N) is 1. The summed E-state index contributed by atoms with van der Waals surface area (Å²) in [5.41, 5.74) is 1.12. The number of pyridine rings is 1. The second-order valence-corrected chi connectivity index (χ2v) is 8.40. The average molecular weight is 464 g/mol. The third-order valence-electron chi connectivity index (χ3n) is 3.54. The summed E-state index contributed by atoms with van der Waals surface area (Å²) in [5, 5.41) is 3.44. The van der Waals surface area contributed by atoms with Crippen LogP contribution in [0.25, 0.3) is 0 Å². The molecule has 2 rings (SSSR count). The molecule has 2 heterocycles. The lowest BCUT2D eigenvalue weighted by Crippen LogP contribution is -2.50. The molecule has 0 saturated carbocycles. The van der Waals surface area contributed by atoms with Gasteiger partial charge >= 0.3 is 0 Å². The van der Waals surface area contributed by atoms with E-state index in [2.05, 4.69) is 34.0 Å². The van der Waals surface area contributed by atoms with Crippen molar-refractivity contribution >= 4 is 41.7 Å². The predicted molar refractivity (Wildman–Crippen MR) is 114 cm³/mol. The molecule has 1 saturated heterocycles. The highest BCUT2D eigenvalue weighted by molar-refractivity contribution is 14.0. The third-order valence-corrected chi connectivity index (χ3v) is 4.84. The molecule has 0 unspecified atom stereocenters. The Kier molecular flexibility index (Phi) is 8.62. The fourth-order valence-corrected chi connectivity index (χ4v) is 3.65. The molecule has 1 aromatic rings. The van der Waals surface area contributed by atoms with Crippen molar-refractivity contribution in [2.45, 2.75) is 45.1 Å². The van der Waals surface area contributed by atoms with E-state index in [0.717, 1.165) is 30.4 Å². The van der Waals surface area contributed by atoms with Gasteiger partial charge in [0.25, 0.3) is 0 Å². The second-order valence-electron chi connectivity index (χ2n) is 6.60. The molecule has 0 bridgehead atoms. The molecule has 1 aliphatic heterocycles. The summed E-state index contributed by atoms with van der Waals surface area (Å²) in [6.45, 7) is 11.3. The minimum Gasteiger partial charge on any atom is -0.475 e. The van der Waals surface area contributed by atoms with Crippen LogP contribution in [-0.4, -0.2) is 52.6 Å². The van der Waals surface area contributed by atoms with Gasteiger partial charge in [0.2, 0.25) is 5.88 Å². The van der Waals surface area contributed by atoms with E-state index in [1.54, 1.807) is 0 Å². The molecule has 0 aromatic carbocycles. The molecule has 0 radical (unpaired) electrons. The fraction of sp³-hybridized carbons (Fsp3) is 0.647. The van der Waals surface area contributed by atoms with Crippen molar-refractivity contribution < 1.29 is 4.74 Å². The molecule has 5 nitrogen and oxygen atoms in total. The van der Waals surface area contributed by atoms with Crippen molar-refractivity contribution in [3.63, 3.8) is 0 Å². The summed E-state index contributed by atoms with van der Waals surface area (Å²) < 4.78 is 5.84. The quantitative estimate of drug-likeness (QED) is 0.421. The Morgan fingerprint density at radius 2 is 2.21 bits per heavy atom.